The third kappa shape index (κ3) is 5.77. The number of nitrogens with one attached hydrogen (secondary N) is 2. The average molecular weight is 500 g/mol. The Hall–Kier alpha value is -3.76. The van der Waals surface area contributed by atoms with Crippen LogP contribution in [0.3, 0.4) is 0 Å². The molecular weight excluding hydrogens is 481 g/mol. The Balaban J connectivity index is 1.46. The topological polar surface area (TPSA) is 106 Å². The first-order valence-electron chi connectivity index (χ1n) is 10.1. The molecule has 2 N–H and O–H groups in total. The van der Waals surface area contributed by atoms with Crippen LogP contribution in [0.4, 0.5) is 10.1 Å². The number of rotatable bonds is 8. The zero-order valence-electron chi connectivity index (χ0n) is 17.7. The number of carbonyl (C=O) groups is 1. The summed E-state index contributed by atoms with van der Waals surface area (Å²) in [7, 11) is -4.11. The van der Waals surface area contributed by atoms with E-state index in [-0.39, 0.29) is 27.7 Å². The van der Waals surface area contributed by atoms with Gasteiger partial charge in [-0.15, -0.1) is 0 Å². The second-order valence-corrected chi connectivity index (χ2v) is 9.41. The number of benzene rings is 3. The van der Waals surface area contributed by atoms with Gasteiger partial charge in [0.2, 0.25) is 0 Å². The van der Waals surface area contributed by atoms with Crippen LogP contribution in [0.2, 0.25) is 5.02 Å². The molecule has 0 spiro atoms. The van der Waals surface area contributed by atoms with E-state index >= 15 is 0 Å². The fourth-order valence-electron chi connectivity index (χ4n) is 3.20. The summed E-state index contributed by atoms with van der Waals surface area (Å²) in [5, 5.41) is 6.81. The maximum Gasteiger partial charge on any atom is 0.263 e. The Morgan fingerprint density at radius 3 is 2.53 bits per heavy atom. The lowest BCUT2D eigenvalue weighted by Gasteiger charge is -2.12. The Labute approximate surface area is 200 Å². The van der Waals surface area contributed by atoms with E-state index in [4.69, 9.17) is 11.6 Å². The fourth-order valence-corrected chi connectivity index (χ4v) is 4.79. The normalized spacial score (nSPS) is 11.2. The SMILES string of the molecule is O=C(NCc1cccc(Cn2cncn2)c1)c1ccc(Cl)c(S(=O)(=O)Nc2ccc(F)cc2)c1. The highest BCUT2D eigenvalue weighted by molar-refractivity contribution is 7.92. The van der Waals surface area contributed by atoms with Crippen molar-refractivity contribution in [3.63, 3.8) is 0 Å². The van der Waals surface area contributed by atoms with Crippen molar-refractivity contribution in [3.8, 4) is 0 Å². The first kappa shape index (κ1) is 23.4. The highest BCUT2D eigenvalue weighted by Gasteiger charge is 2.20. The van der Waals surface area contributed by atoms with Crippen LogP contribution in [0.25, 0.3) is 0 Å². The lowest BCUT2D eigenvalue weighted by Crippen LogP contribution is -2.23. The fraction of sp³-hybridized carbons (Fsp3) is 0.0870. The van der Waals surface area contributed by atoms with Gasteiger partial charge in [-0.3, -0.25) is 9.52 Å². The van der Waals surface area contributed by atoms with E-state index in [1.54, 1.807) is 11.0 Å². The molecule has 1 heterocycles. The molecule has 11 heteroatoms. The largest absolute Gasteiger partial charge is 0.348 e. The molecule has 0 radical (unpaired) electrons. The second kappa shape index (κ2) is 10.0. The number of hydrogen-bond donors (Lipinski definition) is 2. The van der Waals surface area contributed by atoms with Crippen LogP contribution in [0.15, 0.2) is 84.3 Å². The smallest absolute Gasteiger partial charge is 0.263 e. The van der Waals surface area contributed by atoms with Gasteiger partial charge in [-0.2, -0.15) is 5.10 Å². The summed E-state index contributed by atoms with van der Waals surface area (Å²) in [6.45, 7) is 0.782. The molecule has 1 amide bonds. The zero-order valence-corrected chi connectivity index (χ0v) is 19.2. The van der Waals surface area contributed by atoms with E-state index in [1.165, 1.54) is 36.7 Å². The molecule has 0 aliphatic heterocycles. The quantitative estimate of drug-likeness (QED) is 0.383. The number of hydrogen-bond acceptors (Lipinski definition) is 5. The Morgan fingerprint density at radius 2 is 1.79 bits per heavy atom. The van der Waals surface area contributed by atoms with Crippen molar-refractivity contribution in [2.75, 3.05) is 4.72 Å². The van der Waals surface area contributed by atoms with Crippen LogP contribution in [0.5, 0.6) is 0 Å². The van der Waals surface area contributed by atoms with E-state index in [0.29, 0.717) is 6.54 Å². The van der Waals surface area contributed by atoms with E-state index in [0.717, 1.165) is 23.3 Å². The van der Waals surface area contributed by atoms with E-state index in [2.05, 4.69) is 20.1 Å². The molecule has 1 aromatic heterocycles. The van der Waals surface area contributed by atoms with Gasteiger partial charge < -0.3 is 5.32 Å². The molecule has 0 atom stereocenters. The molecule has 4 aromatic rings. The van der Waals surface area contributed by atoms with Crippen LogP contribution >= 0.6 is 11.6 Å². The van der Waals surface area contributed by atoms with Gasteiger partial charge in [0.15, 0.2) is 0 Å². The highest BCUT2D eigenvalue weighted by atomic mass is 35.5. The lowest BCUT2D eigenvalue weighted by molar-refractivity contribution is 0.0950. The van der Waals surface area contributed by atoms with Gasteiger partial charge in [-0.05, 0) is 53.6 Å². The van der Waals surface area contributed by atoms with E-state index in [1.807, 2.05) is 24.3 Å². The predicted molar refractivity (Wildman–Crippen MR) is 125 cm³/mol. The van der Waals surface area contributed by atoms with Gasteiger partial charge >= 0.3 is 0 Å². The molecule has 3 aromatic carbocycles. The number of anilines is 1. The lowest BCUT2D eigenvalue weighted by atomic mass is 10.1. The molecule has 0 saturated carbocycles. The maximum atomic E-state index is 13.1. The molecule has 0 fully saturated rings. The Morgan fingerprint density at radius 1 is 1.03 bits per heavy atom. The first-order valence-corrected chi connectivity index (χ1v) is 11.9. The van der Waals surface area contributed by atoms with Crippen molar-refractivity contribution in [2.45, 2.75) is 18.0 Å². The summed E-state index contributed by atoms with van der Waals surface area (Å²) in [6.07, 6.45) is 3.07. The van der Waals surface area contributed by atoms with Crippen LogP contribution in [-0.2, 0) is 23.1 Å². The van der Waals surface area contributed by atoms with Crippen molar-refractivity contribution >= 4 is 33.2 Å². The summed E-state index contributed by atoms with van der Waals surface area (Å²) in [4.78, 5) is 16.4. The van der Waals surface area contributed by atoms with Crippen LogP contribution < -0.4 is 10.0 Å². The highest BCUT2D eigenvalue weighted by Crippen LogP contribution is 2.25. The molecule has 0 aliphatic rings. The Bertz CT molecular complexity index is 1410. The van der Waals surface area contributed by atoms with Gasteiger partial charge in [0.1, 0.15) is 23.4 Å². The van der Waals surface area contributed by atoms with E-state index in [9.17, 15) is 17.6 Å². The standard InChI is InChI=1S/C23H19ClFN5O3S/c24-21-9-4-18(11-22(21)34(32,33)29-20-7-5-19(25)6-8-20)23(31)27-12-16-2-1-3-17(10-16)13-30-15-26-14-28-30/h1-11,14-15,29H,12-13H2,(H,27,31). The summed E-state index contributed by atoms with van der Waals surface area (Å²) in [5.41, 5.74) is 2.15. The van der Waals surface area contributed by atoms with Gasteiger partial charge in [0.05, 0.1) is 11.6 Å². The van der Waals surface area contributed by atoms with Crippen LogP contribution in [-0.4, -0.2) is 29.1 Å². The maximum absolute atomic E-state index is 13.1. The number of aromatic nitrogens is 3. The average Bonchev–Trinajstić information content (AvgIpc) is 3.32. The van der Waals surface area contributed by atoms with Gasteiger partial charge in [0.25, 0.3) is 15.9 Å². The predicted octanol–water partition coefficient (Wildman–Crippen LogP) is 3.85. The molecular formula is C23H19ClFN5O3S. The van der Waals surface area contributed by atoms with E-state index < -0.39 is 21.7 Å². The third-order valence-electron chi connectivity index (χ3n) is 4.83. The van der Waals surface area contributed by atoms with Gasteiger partial charge in [-0.25, -0.2) is 22.5 Å². The van der Waals surface area contributed by atoms with Crippen molar-refractivity contribution < 1.29 is 17.6 Å². The summed E-state index contributed by atoms with van der Waals surface area (Å²) in [6, 6.07) is 16.4. The first-order chi connectivity index (χ1) is 16.3. The minimum atomic E-state index is -4.11. The minimum Gasteiger partial charge on any atom is -0.348 e. The molecule has 0 saturated heterocycles. The number of halogens is 2. The third-order valence-corrected chi connectivity index (χ3v) is 6.70. The van der Waals surface area contributed by atoms with Gasteiger partial charge in [-0.1, -0.05) is 35.9 Å². The molecule has 0 unspecified atom stereocenters. The number of amides is 1. The van der Waals surface area contributed by atoms with Crippen LogP contribution in [0, 0.1) is 5.82 Å². The van der Waals surface area contributed by atoms with Crippen molar-refractivity contribution in [2.24, 2.45) is 0 Å². The molecule has 8 nitrogen and oxygen atoms in total. The number of sulfonamides is 1. The van der Waals surface area contributed by atoms with Crippen molar-refractivity contribution in [1.29, 1.82) is 0 Å². The Kier molecular flexibility index (Phi) is 6.90. The number of carbonyl (C=O) groups excluding carboxylic acids is 1. The summed E-state index contributed by atoms with van der Waals surface area (Å²) < 4.78 is 42.7. The second-order valence-electron chi connectivity index (χ2n) is 7.35. The van der Waals surface area contributed by atoms with Crippen LogP contribution in [0.1, 0.15) is 21.5 Å². The van der Waals surface area contributed by atoms with Crippen molar-refractivity contribution in [1.82, 2.24) is 20.1 Å². The van der Waals surface area contributed by atoms with Crippen molar-refractivity contribution in [3.05, 3.63) is 107 Å². The molecule has 0 aliphatic carbocycles. The summed E-state index contributed by atoms with van der Waals surface area (Å²) in [5.74, 6) is -0.958. The summed E-state index contributed by atoms with van der Waals surface area (Å²) >= 11 is 6.10. The molecule has 174 valence electrons. The minimum absolute atomic E-state index is 0.0491. The molecule has 0 bridgehead atoms. The zero-order chi connectivity index (χ0) is 24.1. The molecule has 34 heavy (non-hydrogen) atoms. The monoisotopic (exact) mass is 499 g/mol. The number of nitrogens with zero attached hydrogens (tertiary/aromatic N) is 3. The molecule has 4 rings (SSSR count). The van der Waals surface area contributed by atoms with Gasteiger partial charge in [0, 0.05) is 17.8 Å².